The number of nitrogens with two attached hydrogens (primary N) is 1. The fraction of sp³-hybridized carbons (Fsp3) is 0.250. The molecule has 0 spiro atoms. The molecule has 0 aromatic heterocycles. The predicted molar refractivity (Wildman–Crippen MR) is 74.1 cm³/mol. The maximum Gasteiger partial charge on any atom is 0.132 e. The van der Waals surface area contributed by atoms with Crippen LogP contribution in [0.3, 0.4) is 0 Å². The Hall–Kier alpha value is -1.64. The Balaban J connectivity index is 2.63. The first-order chi connectivity index (χ1) is 8.46. The third-order valence-electron chi connectivity index (χ3n) is 3.32. The smallest absolute Gasteiger partial charge is 0.132 e. The molecule has 2 rings (SSSR count). The summed E-state index contributed by atoms with van der Waals surface area (Å²) < 4.78 is 0. The van der Waals surface area contributed by atoms with Crippen LogP contribution in [0.5, 0.6) is 0 Å². The standard InChI is InChI=1S/C16H19NO/c1-15(2,17)16(18,13-9-5-3-6-10-13)14-11-7-4-8-12-14/h3-12,18H,17H2,1-2H3. The van der Waals surface area contributed by atoms with E-state index in [0.717, 1.165) is 11.1 Å². The lowest BCUT2D eigenvalue weighted by Crippen LogP contribution is -2.54. The number of hydrogen-bond acceptors (Lipinski definition) is 2. The summed E-state index contributed by atoms with van der Waals surface area (Å²) in [5.74, 6) is 0. The van der Waals surface area contributed by atoms with Gasteiger partial charge in [0.1, 0.15) is 5.60 Å². The van der Waals surface area contributed by atoms with Gasteiger partial charge >= 0.3 is 0 Å². The Kier molecular flexibility index (Phi) is 3.24. The summed E-state index contributed by atoms with van der Waals surface area (Å²) >= 11 is 0. The Morgan fingerprint density at radius 2 is 1.11 bits per heavy atom. The average molecular weight is 241 g/mol. The molecule has 0 unspecified atom stereocenters. The van der Waals surface area contributed by atoms with Crippen molar-refractivity contribution >= 4 is 0 Å². The Labute approximate surface area is 108 Å². The van der Waals surface area contributed by atoms with Crippen LogP contribution in [0.1, 0.15) is 25.0 Å². The van der Waals surface area contributed by atoms with Gasteiger partial charge in [-0.15, -0.1) is 0 Å². The molecule has 0 radical (unpaired) electrons. The summed E-state index contributed by atoms with van der Waals surface area (Å²) in [6.45, 7) is 3.68. The van der Waals surface area contributed by atoms with E-state index in [9.17, 15) is 5.11 Å². The molecule has 0 bridgehead atoms. The van der Waals surface area contributed by atoms with Crippen LogP contribution in [0.15, 0.2) is 60.7 Å². The van der Waals surface area contributed by atoms with Crippen LogP contribution < -0.4 is 5.73 Å². The average Bonchev–Trinajstić information content (AvgIpc) is 2.38. The molecular weight excluding hydrogens is 222 g/mol. The fourth-order valence-corrected chi connectivity index (χ4v) is 2.27. The second-order valence-electron chi connectivity index (χ2n) is 5.16. The van der Waals surface area contributed by atoms with Crippen molar-refractivity contribution in [3.63, 3.8) is 0 Å². The van der Waals surface area contributed by atoms with E-state index in [1.54, 1.807) is 0 Å². The van der Waals surface area contributed by atoms with Crippen LogP contribution in [-0.2, 0) is 5.60 Å². The van der Waals surface area contributed by atoms with Crippen LogP contribution in [-0.4, -0.2) is 10.6 Å². The number of rotatable bonds is 3. The summed E-state index contributed by atoms with van der Waals surface area (Å²) in [5.41, 5.74) is 5.87. The Morgan fingerprint density at radius 1 is 0.778 bits per heavy atom. The van der Waals surface area contributed by atoms with Gasteiger partial charge in [0.2, 0.25) is 0 Å². The lowest BCUT2D eigenvalue weighted by atomic mass is 9.73. The molecule has 0 aliphatic rings. The van der Waals surface area contributed by atoms with E-state index < -0.39 is 11.1 Å². The topological polar surface area (TPSA) is 46.2 Å². The third kappa shape index (κ3) is 2.05. The number of aliphatic hydroxyl groups is 1. The van der Waals surface area contributed by atoms with E-state index >= 15 is 0 Å². The van der Waals surface area contributed by atoms with Crippen molar-refractivity contribution in [2.24, 2.45) is 5.73 Å². The van der Waals surface area contributed by atoms with Crippen molar-refractivity contribution in [3.05, 3.63) is 71.8 Å². The van der Waals surface area contributed by atoms with E-state index in [2.05, 4.69) is 0 Å². The SMILES string of the molecule is CC(C)(N)C(O)(c1ccccc1)c1ccccc1. The van der Waals surface area contributed by atoms with Crippen LogP contribution in [0, 0.1) is 0 Å². The van der Waals surface area contributed by atoms with Gasteiger partial charge in [0.05, 0.1) is 0 Å². The zero-order chi connectivity index (χ0) is 13.2. The lowest BCUT2D eigenvalue weighted by Gasteiger charge is -2.41. The fourth-order valence-electron chi connectivity index (χ4n) is 2.27. The third-order valence-corrected chi connectivity index (χ3v) is 3.32. The molecule has 0 amide bonds. The van der Waals surface area contributed by atoms with Crippen molar-refractivity contribution in [2.75, 3.05) is 0 Å². The first kappa shape index (κ1) is 12.8. The molecule has 0 atom stereocenters. The van der Waals surface area contributed by atoms with Gasteiger partial charge in [0.15, 0.2) is 0 Å². The van der Waals surface area contributed by atoms with Gasteiger partial charge in [-0.25, -0.2) is 0 Å². The minimum atomic E-state index is -1.20. The second kappa shape index (κ2) is 4.56. The molecule has 0 aliphatic carbocycles. The minimum Gasteiger partial charge on any atom is -0.378 e. The van der Waals surface area contributed by atoms with Gasteiger partial charge in [-0.3, -0.25) is 0 Å². The minimum absolute atomic E-state index is 0.782. The van der Waals surface area contributed by atoms with Gasteiger partial charge in [-0.05, 0) is 25.0 Å². The van der Waals surface area contributed by atoms with E-state index in [1.165, 1.54) is 0 Å². The number of hydrogen-bond donors (Lipinski definition) is 2. The van der Waals surface area contributed by atoms with E-state index in [-0.39, 0.29) is 0 Å². The molecule has 94 valence electrons. The summed E-state index contributed by atoms with van der Waals surface area (Å²) in [6, 6.07) is 19.1. The maximum absolute atomic E-state index is 11.2. The van der Waals surface area contributed by atoms with Crippen LogP contribution in [0.2, 0.25) is 0 Å². The first-order valence-electron chi connectivity index (χ1n) is 6.08. The number of benzene rings is 2. The molecule has 18 heavy (non-hydrogen) atoms. The molecule has 2 heteroatoms. The normalized spacial score (nSPS) is 12.4. The maximum atomic E-state index is 11.2. The van der Waals surface area contributed by atoms with E-state index in [4.69, 9.17) is 5.73 Å². The van der Waals surface area contributed by atoms with Crippen molar-refractivity contribution in [2.45, 2.75) is 25.0 Å². The molecule has 3 N–H and O–H groups in total. The lowest BCUT2D eigenvalue weighted by molar-refractivity contribution is 0.0132. The quantitative estimate of drug-likeness (QED) is 0.867. The predicted octanol–water partition coefficient (Wildman–Crippen LogP) is 2.66. The summed E-state index contributed by atoms with van der Waals surface area (Å²) in [5, 5.41) is 11.2. The van der Waals surface area contributed by atoms with Gasteiger partial charge in [-0.2, -0.15) is 0 Å². The van der Waals surface area contributed by atoms with E-state index in [1.807, 2.05) is 74.5 Å². The summed E-state index contributed by atoms with van der Waals surface area (Å²) in [6.07, 6.45) is 0. The second-order valence-corrected chi connectivity index (χ2v) is 5.16. The monoisotopic (exact) mass is 241 g/mol. The highest BCUT2D eigenvalue weighted by Gasteiger charge is 2.43. The Bertz CT molecular complexity index is 460. The highest BCUT2D eigenvalue weighted by Crippen LogP contribution is 2.37. The summed E-state index contributed by atoms with van der Waals surface area (Å²) in [4.78, 5) is 0. The van der Waals surface area contributed by atoms with Gasteiger partial charge in [0.25, 0.3) is 0 Å². The van der Waals surface area contributed by atoms with Gasteiger partial charge in [0, 0.05) is 5.54 Å². The molecule has 2 aromatic carbocycles. The van der Waals surface area contributed by atoms with Crippen LogP contribution >= 0.6 is 0 Å². The molecule has 0 fully saturated rings. The molecule has 0 aliphatic heterocycles. The largest absolute Gasteiger partial charge is 0.378 e. The van der Waals surface area contributed by atoms with Crippen molar-refractivity contribution in [1.29, 1.82) is 0 Å². The molecule has 0 saturated heterocycles. The van der Waals surface area contributed by atoms with Crippen LogP contribution in [0.25, 0.3) is 0 Å². The first-order valence-corrected chi connectivity index (χ1v) is 6.08. The van der Waals surface area contributed by atoms with E-state index in [0.29, 0.717) is 0 Å². The molecular formula is C16H19NO. The molecule has 2 aromatic rings. The highest BCUT2D eigenvalue weighted by molar-refractivity contribution is 5.39. The zero-order valence-electron chi connectivity index (χ0n) is 10.8. The van der Waals surface area contributed by atoms with Crippen LogP contribution in [0.4, 0.5) is 0 Å². The van der Waals surface area contributed by atoms with Crippen molar-refractivity contribution < 1.29 is 5.11 Å². The van der Waals surface area contributed by atoms with Gasteiger partial charge < -0.3 is 10.8 Å². The van der Waals surface area contributed by atoms with Gasteiger partial charge in [-0.1, -0.05) is 60.7 Å². The molecule has 0 saturated carbocycles. The van der Waals surface area contributed by atoms with Crippen molar-refractivity contribution in [3.8, 4) is 0 Å². The molecule has 0 heterocycles. The van der Waals surface area contributed by atoms with Crippen molar-refractivity contribution in [1.82, 2.24) is 0 Å². The molecule has 2 nitrogen and oxygen atoms in total. The zero-order valence-corrected chi connectivity index (χ0v) is 10.8. The Morgan fingerprint density at radius 3 is 1.39 bits per heavy atom. The highest BCUT2D eigenvalue weighted by atomic mass is 16.3. The summed E-state index contributed by atoms with van der Waals surface area (Å²) in [7, 11) is 0.